The largest absolute Gasteiger partial charge is 0.396 e. The molecule has 7 nitrogen and oxygen atoms in total. The molecule has 2 aliphatic heterocycles. The lowest BCUT2D eigenvalue weighted by Gasteiger charge is -2.40. The van der Waals surface area contributed by atoms with E-state index in [0.29, 0.717) is 18.9 Å². The van der Waals surface area contributed by atoms with Crippen molar-refractivity contribution in [3.8, 4) is 0 Å². The lowest BCUT2D eigenvalue weighted by atomic mass is 9.88. The first-order valence-electron chi connectivity index (χ1n) is 9.26. The van der Waals surface area contributed by atoms with Gasteiger partial charge < -0.3 is 14.7 Å². The van der Waals surface area contributed by atoms with Crippen molar-refractivity contribution in [2.75, 3.05) is 52.5 Å². The van der Waals surface area contributed by atoms with Crippen LogP contribution in [-0.2, 0) is 16.0 Å². The van der Waals surface area contributed by atoms with Gasteiger partial charge in [-0.15, -0.1) is 0 Å². The third kappa shape index (κ3) is 4.59. The summed E-state index contributed by atoms with van der Waals surface area (Å²) in [6.07, 6.45) is 1.37. The number of hydrogen-bond acceptors (Lipinski definition) is 5. The molecule has 1 amide bonds. The molecule has 2 fully saturated rings. The molecular formula is C18H30N4O3. The van der Waals surface area contributed by atoms with Gasteiger partial charge >= 0.3 is 0 Å². The SMILES string of the molecule is Cc1n[nH]c(C)c1CC(=O)N1C[C@@H](CO)C[C@@H](CN2CCOCC2)C1. The van der Waals surface area contributed by atoms with Gasteiger partial charge in [0.05, 0.1) is 25.3 Å². The Kier molecular flexibility index (Phi) is 6.09. The van der Waals surface area contributed by atoms with Crippen LogP contribution in [0.1, 0.15) is 23.4 Å². The van der Waals surface area contributed by atoms with Gasteiger partial charge in [0.1, 0.15) is 0 Å². The number of morpholine rings is 1. The number of aromatic amines is 1. The van der Waals surface area contributed by atoms with Crippen LogP contribution in [0.15, 0.2) is 0 Å². The van der Waals surface area contributed by atoms with Crippen molar-refractivity contribution in [1.82, 2.24) is 20.0 Å². The number of aliphatic hydroxyl groups excluding tert-OH is 1. The molecule has 3 rings (SSSR count). The zero-order valence-corrected chi connectivity index (χ0v) is 15.3. The van der Waals surface area contributed by atoms with Crippen molar-refractivity contribution in [3.05, 3.63) is 17.0 Å². The van der Waals surface area contributed by atoms with Gasteiger partial charge in [-0.25, -0.2) is 0 Å². The fourth-order valence-electron chi connectivity index (χ4n) is 4.03. The van der Waals surface area contributed by atoms with Gasteiger partial charge in [0.15, 0.2) is 0 Å². The fourth-order valence-corrected chi connectivity index (χ4v) is 4.03. The molecular weight excluding hydrogens is 320 g/mol. The van der Waals surface area contributed by atoms with Crippen LogP contribution in [0.3, 0.4) is 0 Å². The van der Waals surface area contributed by atoms with E-state index in [1.165, 1.54) is 0 Å². The van der Waals surface area contributed by atoms with Crippen molar-refractivity contribution in [3.63, 3.8) is 0 Å². The lowest BCUT2D eigenvalue weighted by molar-refractivity contribution is -0.134. The van der Waals surface area contributed by atoms with Gasteiger partial charge in [-0.2, -0.15) is 5.10 Å². The number of likely N-dealkylation sites (tertiary alicyclic amines) is 1. The molecule has 25 heavy (non-hydrogen) atoms. The Balaban J connectivity index is 1.62. The molecule has 1 aromatic heterocycles. The van der Waals surface area contributed by atoms with Crippen LogP contribution >= 0.6 is 0 Å². The highest BCUT2D eigenvalue weighted by Crippen LogP contribution is 2.24. The van der Waals surface area contributed by atoms with Crippen molar-refractivity contribution in [2.45, 2.75) is 26.7 Å². The Morgan fingerprint density at radius 1 is 1.28 bits per heavy atom. The number of amides is 1. The van der Waals surface area contributed by atoms with Crippen LogP contribution in [-0.4, -0.2) is 83.6 Å². The smallest absolute Gasteiger partial charge is 0.227 e. The molecule has 2 saturated heterocycles. The second kappa shape index (κ2) is 8.29. The number of aromatic nitrogens is 2. The molecule has 2 aliphatic rings. The molecule has 1 aromatic rings. The van der Waals surface area contributed by atoms with Gasteiger partial charge in [-0.3, -0.25) is 14.8 Å². The summed E-state index contributed by atoms with van der Waals surface area (Å²) in [6, 6.07) is 0. The van der Waals surface area contributed by atoms with Gasteiger partial charge in [0, 0.05) is 50.6 Å². The molecule has 2 atom stereocenters. The lowest BCUT2D eigenvalue weighted by Crippen LogP contribution is -2.49. The van der Waals surface area contributed by atoms with Crippen LogP contribution in [0.2, 0.25) is 0 Å². The first kappa shape index (κ1) is 18.4. The van der Waals surface area contributed by atoms with Gasteiger partial charge in [-0.05, 0) is 32.1 Å². The summed E-state index contributed by atoms with van der Waals surface area (Å²) in [5, 5.41) is 16.8. The first-order chi connectivity index (χ1) is 12.1. The number of ether oxygens (including phenoxy) is 1. The number of nitrogens with one attached hydrogen (secondary N) is 1. The maximum atomic E-state index is 12.8. The highest BCUT2D eigenvalue weighted by Gasteiger charge is 2.31. The third-order valence-corrected chi connectivity index (χ3v) is 5.46. The van der Waals surface area contributed by atoms with Gasteiger partial charge in [0.25, 0.3) is 0 Å². The molecule has 0 saturated carbocycles. The molecule has 7 heteroatoms. The van der Waals surface area contributed by atoms with E-state index < -0.39 is 0 Å². The third-order valence-electron chi connectivity index (χ3n) is 5.46. The summed E-state index contributed by atoms with van der Waals surface area (Å²) in [6.45, 7) is 9.95. The number of carbonyl (C=O) groups is 1. The number of carbonyl (C=O) groups excluding carboxylic acids is 1. The van der Waals surface area contributed by atoms with E-state index in [-0.39, 0.29) is 18.4 Å². The van der Waals surface area contributed by atoms with E-state index >= 15 is 0 Å². The minimum Gasteiger partial charge on any atom is -0.396 e. The molecule has 0 aromatic carbocycles. The maximum Gasteiger partial charge on any atom is 0.227 e. The van der Waals surface area contributed by atoms with E-state index in [2.05, 4.69) is 15.1 Å². The molecule has 140 valence electrons. The van der Waals surface area contributed by atoms with E-state index in [9.17, 15) is 9.90 Å². The predicted molar refractivity (Wildman–Crippen MR) is 94.3 cm³/mol. The minimum absolute atomic E-state index is 0.137. The number of hydrogen-bond donors (Lipinski definition) is 2. The summed E-state index contributed by atoms with van der Waals surface area (Å²) in [5.74, 6) is 0.729. The molecule has 0 unspecified atom stereocenters. The van der Waals surface area contributed by atoms with Crippen molar-refractivity contribution < 1.29 is 14.6 Å². The molecule has 3 heterocycles. The Bertz CT molecular complexity index is 563. The number of nitrogens with zero attached hydrogens (tertiary/aromatic N) is 3. The summed E-state index contributed by atoms with van der Waals surface area (Å²) in [5.41, 5.74) is 2.86. The molecule has 0 spiro atoms. The first-order valence-corrected chi connectivity index (χ1v) is 9.26. The van der Waals surface area contributed by atoms with Gasteiger partial charge in [0.2, 0.25) is 5.91 Å². The zero-order valence-electron chi connectivity index (χ0n) is 15.3. The zero-order chi connectivity index (χ0) is 17.8. The second-order valence-electron chi connectivity index (χ2n) is 7.45. The maximum absolute atomic E-state index is 12.8. The number of H-pyrrole nitrogens is 1. The molecule has 0 aliphatic carbocycles. The fraction of sp³-hybridized carbons (Fsp3) is 0.778. The van der Waals surface area contributed by atoms with Crippen molar-refractivity contribution in [2.24, 2.45) is 11.8 Å². The monoisotopic (exact) mass is 350 g/mol. The van der Waals surface area contributed by atoms with E-state index in [4.69, 9.17) is 4.74 Å². The number of aliphatic hydroxyl groups is 1. The average Bonchev–Trinajstić information content (AvgIpc) is 2.94. The number of piperidine rings is 1. The average molecular weight is 350 g/mol. The molecule has 0 radical (unpaired) electrons. The van der Waals surface area contributed by atoms with Crippen LogP contribution < -0.4 is 0 Å². The van der Waals surface area contributed by atoms with E-state index in [0.717, 1.165) is 62.8 Å². The predicted octanol–water partition coefficient (Wildman–Crippen LogP) is 0.358. The summed E-state index contributed by atoms with van der Waals surface area (Å²) >= 11 is 0. The molecule has 2 N–H and O–H groups in total. The molecule has 0 bridgehead atoms. The van der Waals surface area contributed by atoms with Crippen LogP contribution in [0, 0.1) is 25.7 Å². The van der Waals surface area contributed by atoms with Crippen LogP contribution in [0.5, 0.6) is 0 Å². The summed E-state index contributed by atoms with van der Waals surface area (Å²) in [4.78, 5) is 17.2. The highest BCUT2D eigenvalue weighted by atomic mass is 16.5. The summed E-state index contributed by atoms with van der Waals surface area (Å²) < 4.78 is 5.42. The van der Waals surface area contributed by atoms with Crippen LogP contribution in [0.25, 0.3) is 0 Å². The Labute approximate surface area is 149 Å². The second-order valence-corrected chi connectivity index (χ2v) is 7.45. The standard InChI is InChI=1S/C18H30N4O3/c1-13-17(14(2)20-19-13)8-18(24)22-10-15(7-16(11-22)12-23)9-21-3-5-25-6-4-21/h15-16,23H,3-12H2,1-2H3,(H,19,20)/t15-,16-/m0/s1. The van der Waals surface area contributed by atoms with E-state index in [1.54, 1.807) is 0 Å². The number of aryl methyl sites for hydroxylation is 2. The normalized spacial score (nSPS) is 25.3. The number of rotatable bonds is 5. The van der Waals surface area contributed by atoms with Gasteiger partial charge in [-0.1, -0.05) is 0 Å². The quantitative estimate of drug-likeness (QED) is 0.801. The Morgan fingerprint density at radius 2 is 2.00 bits per heavy atom. The van der Waals surface area contributed by atoms with Crippen LogP contribution in [0.4, 0.5) is 0 Å². The Hall–Kier alpha value is -1.44. The van der Waals surface area contributed by atoms with Crippen molar-refractivity contribution in [1.29, 1.82) is 0 Å². The van der Waals surface area contributed by atoms with Crippen molar-refractivity contribution >= 4 is 5.91 Å². The topological polar surface area (TPSA) is 81.7 Å². The summed E-state index contributed by atoms with van der Waals surface area (Å²) in [7, 11) is 0. The van der Waals surface area contributed by atoms with E-state index in [1.807, 2.05) is 18.7 Å². The minimum atomic E-state index is 0.137. The highest BCUT2D eigenvalue weighted by molar-refractivity contribution is 5.79. The Morgan fingerprint density at radius 3 is 2.64 bits per heavy atom.